The van der Waals surface area contributed by atoms with Gasteiger partial charge in [0.1, 0.15) is 5.00 Å². The third kappa shape index (κ3) is 5.03. The van der Waals surface area contributed by atoms with Crippen LogP contribution in [0.1, 0.15) is 56.8 Å². The average Bonchev–Trinajstić information content (AvgIpc) is 2.85. The Hall–Kier alpha value is -2.67. The summed E-state index contributed by atoms with van der Waals surface area (Å²) >= 11 is 1.44. The maximum absolute atomic E-state index is 12.7. The molecule has 0 saturated carbocycles. The van der Waals surface area contributed by atoms with Crippen LogP contribution in [0.25, 0.3) is 0 Å². The minimum Gasteiger partial charge on any atom is -0.453 e. The Balaban J connectivity index is 1.85. The Labute approximate surface area is 174 Å². The average molecular weight is 415 g/mol. The van der Waals surface area contributed by atoms with Crippen LogP contribution in [0, 0.1) is 13.8 Å². The molecule has 1 aliphatic carbocycles. The molecule has 6 nitrogen and oxygen atoms in total. The summed E-state index contributed by atoms with van der Waals surface area (Å²) in [5.41, 5.74) is 4.57. The summed E-state index contributed by atoms with van der Waals surface area (Å²) in [7, 11) is 1.21. The Kier molecular flexibility index (Phi) is 6.69. The summed E-state index contributed by atoms with van der Waals surface area (Å²) in [5.74, 6) is -0.713. The highest BCUT2D eigenvalue weighted by atomic mass is 32.1. The number of alkyl carbamates (subject to hydrolysis) is 1. The van der Waals surface area contributed by atoms with Crippen LogP contribution in [-0.4, -0.2) is 25.0 Å². The molecular weight excluding hydrogens is 388 g/mol. The Bertz CT molecular complexity index is 949. The van der Waals surface area contributed by atoms with E-state index in [0.29, 0.717) is 10.6 Å². The first-order valence-electron chi connectivity index (χ1n) is 9.79. The number of amides is 3. The molecule has 1 aromatic heterocycles. The molecule has 0 bridgehead atoms. The monoisotopic (exact) mass is 414 g/mol. The lowest BCUT2D eigenvalue weighted by Crippen LogP contribution is -2.31. The van der Waals surface area contributed by atoms with Crippen LogP contribution in [0.5, 0.6) is 0 Å². The number of rotatable bonds is 4. The van der Waals surface area contributed by atoms with Gasteiger partial charge in [-0.2, -0.15) is 0 Å². The number of carbonyl (C=O) groups excluding carboxylic acids is 3. The first-order chi connectivity index (χ1) is 13.9. The minimum atomic E-state index is -0.809. The van der Waals surface area contributed by atoms with E-state index in [9.17, 15) is 14.4 Å². The molecule has 0 aliphatic heterocycles. The maximum atomic E-state index is 12.7. The quantitative estimate of drug-likeness (QED) is 0.730. The van der Waals surface area contributed by atoms with E-state index < -0.39 is 12.0 Å². The van der Waals surface area contributed by atoms with Crippen molar-refractivity contribution in [3.8, 4) is 0 Å². The molecule has 1 heterocycles. The van der Waals surface area contributed by atoms with Gasteiger partial charge in [-0.15, -0.1) is 11.3 Å². The first-order valence-corrected chi connectivity index (χ1v) is 10.6. The number of methoxy groups -OCH3 is 1. The van der Waals surface area contributed by atoms with E-state index in [0.717, 1.165) is 53.7 Å². The van der Waals surface area contributed by atoms with E-state index in [1.807, 2.05) is 32.0 Å². The second-order valence-electron chi connectivity index (χ2n) is 7.36. The van der Waals surface area contributed by atoms with Gasteiger partial charge in [-0.3, -0.25) is 14.9 Å². The minimum absolute atomic E-state index is 0.184. The van der Waals surface area contributed by atoms with Crippen LogP contribution in [0.15, 0.2) is 18.2 Å². The van der Waals surface area contributed by atoms with Crippen molar-refractivity contribution < 1.29 is 19.1 Å². The van der Waals surface area contributed by atoms with Crippen LogP contribution in [0.3, 0.4) is 0 Å². The smallest absolute Gasteiger partial charge is 0.413 e. The number of ether oxygens (including phenoxy) is 1. The predicted octanol–water partition coefficient (Wildman–Crippen LogP) is 4.31. The fraction of sp³-hybridized carbons (Fsp3) is 0.409. The lowest BCUT2D eigenvalue weighted by Gasteiger charge is -2.09. The molecule has 2 aromatic rings. The van der Waals surface area contributed by atoms with Gasteiger partial charge in [0.15, 0.2) is 0 Å². The third-order valence-electron chi connectivity index (χ3n) is 5.24. The molecule has 0 spiro atoms. The number of hydrogen-bond donors (Lipinski definition) is 2. The van der Waals surface area contributed by atoms with Crippen LogP contribution >= 0.6 is 11.3 Å². The number of anilines is 1. The normalized spacial score (nSPS) is 13.2. The zero-order chi connectivity index (χ0) is 21.0. The van der Waals surface area contributed by atoms with Crippen molar-refractivity contribution in [1.82, 2.24) is 5.32 Å². The molecular formula is C22H26N2O4S. The summed E-state index contributed by atoms with van der Waals surface area (Å²) in [6.45, 7) is 4.05. The van der Waals surface area contributed by atoms with E-state index in [1.165, 1.54) is 24.0 Å². The molecule has 0 fully saturated rings. The summed E-state index contributed by atoms with van der Waals surface area (Å²) in [5, 5.41) is 5.65. The van der Waals surface area contributed by atoms with Crippen LogP contribution < -0.4 is 10.6 Å². The number of nitrogens with one attached hydrogen (secondary N) is 2. The van der Waals surface area contributed by atoms with Gasteiger partial charge >= 0.3 is 6.09 Å². The van der Waals surface area contributed by atoms with Crippen LogP contribution in [0.2, 0.25) is 0 Å². The van der Waals surface area contributed by atoms with Gasteiger partial charge in [-0.05, 0) is 61.8 Å². The zero-order valence-corrected chi connectivity index (χ0v) is 17.8. The zero-order valence-electron chi connectivity index (χ0n) is 17.0. The van der Waals surface area contributed by atoms with Crippen molar-refractivity contribution in [2.45, 2.75) is 52.4 Å². The number of thiophene rings is 1. The van der Waals surface area contributed by atoms with Crippen molar-refractivity contribution >= 4 is 34.2 Å². The van der Waals surface area contributed by atoms with Crippen molar-refractivity contribution in [3.05, 3.63) is 50.9 Å². The van der Waals surface area contributed by atoms with Crippen molar-refractivity contribution in [1.29, 1.82) is 0 Å². The van der Waals surface area contributed by atoms with E-state index in [1.54, 1.807) is 0 Å². The molecule has 0 unspecified atom stereocenters. The molecule has 0 atom stereocenters. The lowest BCUT2D eigenvalue weighted by atomic mass is 10.0. The van der Waals surface area contributed by atoms with E-state index in [4.69, 9.17) is 0 Å². The highest BCUT2D eigenvalue weighted by Crippen LogP contribution is 2.37. The predicted molar refractivity (Wildman–Crippen MR) is 114 cm³/mol. The SMILES string of the molecule is COC(=O)NC(=O)c1c(NC(=O)Cc2ccc(C)c(C)c2)sc2c1CCCCC2. The van der Waals surface area contributed by atoms with Gasteiger partial charge in [-0.25, -0.2) is 4.79 Å². The standard InChI is InChI=1S/C22H26N2O4S/c1-13-9-10-15(11-14(13)2)12-18(25)23-21-19(20(26)24-22(27)28-3)16-7-5-4-6-8-17(16)29-21/h9-11H,4-8,12H2,1-3H3,(H,23,25)(H,24,26,27). The van der Waals surface area contributed by atoms with Crippen molar-refractivity contribution in [2.24, 2.45) is 0 Å². The van der Waals surface area contributed by atoms with Gasteiger partial charge < -0.3 is 10.1 Å². The molecule has 1 aromatic carbocycles. The van der Waals surface area contributed by atoms with Gasteiger partial charge in [-0.1, -0.05) is 24.6 Å². The molecule has 154 valence electrons. The molecule has 29 heavy (non-hydrogen) atoms. The third-order valence-corrected chi connectivity index (χ3v) is 6.45. The number of fused-ring (bicyclic) bond motifs is 1. The number of carbonyl (C=O) groups is 3. The van der Waals surface area contributed by atoms with Crippen LogP contribution in [0.4, 0.5) is 9.80 Å². The lowest BCUT2D eigenvalue weighted by molar-refractivity contribution is -0.115. The largest absolute Gasteiger partial charge is 0.453 e. The fourth-order valence-electron chi connectivity index (χ4n) is 3.55. The molecule has 3 rings (SSSR count). The van der Waals surface area contributed by atoms with Crippen molar-refractivity contribution in [2.75, 3.05) is 12.4 Å². The molecule has 0 radical (unpaired) electrons. The van der Waals surface area contributed by atoms with E-state index in [2.05, 4.69) is 15.4 Å². The molecule has 7 heteroatoms. The van der Waals surface area contributed by atoms with E-state index >= 15 is 0 Å². The molecule has 1 aliphatic rings. The topological polar surface area (TPSA) is 84.5 Å². The fourth-order valence-corrected chi connectivity index (χ4v) is 4.85. The second kappa shape index (κ2) is 9.22. The Morgan fingerprint density at radius 2 is 1.83 bits per heavy atom. The number of benzene rings is 1. The summed E-state index contributed by atoms with van der Waals surface area (Å²) < 4.78 is 4.55. The van der Waals surface area contributed by atoms with Gasteiger partial charge in [0.05, 0.1) is 19.1 Å². The van der Waals surface area contributed by atoms with Crippen LogP contribution in [-0.2, 0) is 28.8 Å². The summed E-state index contributed by atoms with van der Waals surface area (Å²) in [6.07, 6.45) is 4.21. The van der Waals surface area contributed by atoms with Gasteiger partial charge in [0.25, 0.3) is 5.91 Å². The van der Waals surface area contributed by atoms with Crippen molar-refractivity contribution in [3.63, 3.8) is 0 Å². The highest BCUT2D eigenvalue weighted by molar-refractivity contribution is 7.17. The molecule has 0 saturated heterocycles. The first kappa shape index (κ1) is 21.0. The number of imide groups is 1. The summed E-state index contributed by atoms with van der Waals surface area (Å²) in [4.78, 5) is 38.1. The molecule has 2 N–H and O–H groups in total. The Morgan fingerprint density at radius 3 is 2.55 bits per heavy atom. The number of hydrogen-bond acceptors (Lipinski definition) is 5. The second-order valence-corrected chi connectivity index (χ2v) is 8.46. The van der Waals surface area contributed by atoms with E-state index in [-0.39, 0.29) is 12.3 Å². The Morgan fingerprint density at radius 1 is 1.07 bits per heavy atom. The maximum Gasteiger partial charge on any atom is 0.413 e. The van der Waals surface area contributed by atoms with Gasteiger partial charge in [0, 0.05) is 4.88 Å². The highest BCUT2D eigenvalue weighted by Gasteiger charge is 2.26. The molecule has 3 amide bonds. The summed E-state index contributed by atoms with van der Waals surface area (Å²) in [6, 6.07) is 5.94. The number of aryl methyl sites for hydroxylation is 3. The van der Waals surface area contributed by atoms with Gasteiger partial charge in [0.2, 0.25) is 5.91 Å².